The Morgan fingerprint density at radius 1 is 1.07 bits per heavy atom. The Labute approximate surface area is 82.7 Å². The first-order valence-corrected chi connectivity index (χ1v) is 4.05. The molecule has 0 saturated heterocycles. The number of aliphatic hydroxyl groups excluding tert-OH is 6. The molecular formula is C7H17NO6. The van der Waals surface area contributed by atoms with E-state index in [-0.39, 0.29) is 0 Å². The third-order valence-corrected chi connectivity index (χ3v) is 1.85. The summed E-state index contributed by atoms with van der Waals surface area (Å²) in [7, 11) is 1.13. The topological polar surface area (TPSA) is 133 Å². The van der Waals surface area contributed by atoms with Crippen LogP contribution in [0.25, 0.3) is 0 Å². The lowest BCUT2D eigenvalue weighted by atomic mass is 10.0. The summed E-state index contributed by atoms with van der Waals surface area (Å²) < 4.78 is 6.92. The Hall–Kier alpha value is -0.280. The molecule has 0 aliphatic heterocycles. The second kappa shape index (κ2) is 6.25. The third-order valence-electron chi connectivity index (χ3n) is 1.85. The molecule has 0 aromatic rings. The van der Waals surface area contributed by atoms with Gasteiger partial charge in [-0.3, -0.25) is 5.31 Å². The highest BCUT2D eigenvalue weighted by Crippen LogP contribution is 2.06. The number of aliphatic hydroxyl groups is 6. The molecule has 7 nitrogen and oxygen atoms in total. The molecule has 0 aromatic heterocycles. The first kappa shape index (κ1) is 11.8. The molecule has 7 heteroatoms. The van der Waals surface area contributed by atoms with Crippen molar-refractivity contribution in [1.29, 1.82) is 0 Å². The van der Waals surface area contributed by atoms with Crippen LogP contribution in [0.15, 0.2) is 0 Å². The van der Waals surface area contributed by atoms with Crippen molar-refractivity contribution in [3.8, 4) is 0 Å². The van der Waals surface area contributed by atoms with Gasteiger partial charge in [-0.25, -0.2) is 0 Å². The quantitative estimate of drug-likeness (QED) is 0.223. The van der Waals surface area contributed by atoms with Crippen LogP contribution in [0.1, 0.15) is 0 Å². The lowest BCUT2D eigenvalue weighted by molar-refractivity contribution is -0.144. The highest BCUT2D eigenvalue weighted by molar-refractivity contribution is 4.83. The number of rotatable bonds is 6. The van der Waals surface area contributed by atoms with Crippen molar-refractivity contribution >= 4 is 0 Å². The van der Waals surface area contributed by atoms with Gasteiger partial charge in [0.05, 0.1) is 6.61 Å². The fraction of sp³-hybridized carbons (Fsp3) is 1.00. The Morgan fingerprint density at radius 3 is 1.93 bits per heavy atom. The molecule has 14 heavy (non-hydrogen) atoms. The Bertz CT molecular complexity index is 183. The van der Waals surface area contributed by atoms with Crippen molar-refractivity contribution in [3.05, 3.63) is 0 Å². The van der Waals surface area contributed by atoms with Gasteiger partial charge in [0.15, 0.2) is 0 Å². The summed E-state index contributed by atoms with van der Waals surface area (Å²) >= 11 is 0. The maximum atomic E-state index is 9.27. The number of hydrogen-bond donors (Lipinski definition) is 7. The second-order valence-corrected chi connectivity index (χ2v) is 2.89. The maximum Gasteiger partial charge on any atom is 0.133 e. The van der Waals surface area contributed by atoms with Gasteiger partial charge in [-0.05, 0) is 7.05 Å². The monoisotopic (exact) mass is 212 g/mol. The molecule has 0 aliphatic rings. The van der Waals surface area contributed by atoms with Crippen molar-refractivity contribution in [1.82, 2.24) is 5.31 Å². The fourth-order valence-electron chi connectivity index (χ4n) is 0.867. The molecule has 0 bridgehead atoms. The maximum absolute atomic E-state index is 9.27. The van der Waals surface area contributed by atoms with E-state index in [0.29, 0.717) is 5.31 Å². The van der Waals surface area contributed by atoms with Crippen LogP contribution >= 0.6 is 0 Å². The summed E-state index contributed by atoms with van der Waals surface area (Å²) in [5.74, 6) is 0. The van der Waals surface area contributed by atoms with Crippen molar-refractivity contribution in [2.24, 2.45) is 0 Å². The van der Waals surface area contributed by atoms with Crippen LogP contribution in [-0.2, 0) is 0 Å². The number of hydrogen-bond acceptors (Lipinski definition) is 7. The first-order chi connectivity index (χ1) is 6.82. The zero-order valence-electron chi connectivity index (χ0n) is 8.72. The van der Waals surface area contributed by atoms with Crippen molar-refractivity contribution in [3.63, 3.8) is 0 Å². The van der Waals surface area contributed by atoms with Gasteiger partial charge in [-0.15, -0.1) is 0 Å². The van der Waals surface area contributed by atoms with Crippen LogP contribution in [0.4, 0.5) is 0 Å². The van der Waals surface area contributed by atoms with Gasteiger partial charge in [0, 0.05) is 0 Å². The van der Waals surface area contributed by atoms with Crippen LogP contribution in [0.3, 0.4) is 0 Å². The average molecular weight is 212 g/mol. The lowest BCUT2D eigenvalue weighted by Gasteiger charge is -2.28. The van der Waals surface area contributed by atoms with Crippen LogP contribution in [-0.4, -0.2) is 74.9 Å². The summed E-state index contributed by atoms with van der Waals surface area (Å²) in [6.07, 6.45) is -8.84. The van der Waals surface area contributed by atoms with Crippen LogP contribution < -0.4 is 5.31 Å². The molecule has 0 saturated carbocycles. The molecule has 0 rings (SSSR count). The zero-order valence-corrected chi connectivity index (χ0v) is 7.72. The summed E-state index contributed by atoms with van der Waals surface area (Å²) in [6, 6.07) is 0. The van der Waals surface area contributed by atoms with Gasteiger partial charge in [0.25, 0.3) is 0 Å². The van der Waals surface area contributed by atoms with Crippen molar-refractivity contribution in [2.75, 3.05) is 13.7 Å². The molecule has 86 valence electrons. The Kier molecular flexibility index (Phi) is 5.26. The number of likely N-dealkylation sites (N-methyl/N-ethyl adjacent to an activating group) is 1. The Morgan fingerprint density at radius 2 is 1.57 bits per heavy atom. The normalized spacial score (nSPS) is 23.9. The molecule has 0 amide bonds. The molecular weight excluding hydrogens is 194 g/mol. The van der Waals surface area contributed by atoms with E-state index in [0.717, 1.165) is 7.05 Å². The van der Waals surface area contributed by atoms with E-state index in [2.05, 4.69) is 0 Å². The highest BCUT2D eigenvalue weighted by Gasteiger charge is 2.33. The van der Waals surface area contributed by atoms with E-state index in [9.17, 15) is 15.3 Å². The predicted molar refractivity (Wildman–Crippen MR) is 46.2 cm³/mol. The third kappa shape index (κ3) is 3.46. The molecule has 7 N–H and O–H groups in total. The second-order valence-electron chi connectivity index (χ2n) is 2.89. The van der Waals surface area contributed by atoms with Gasteiger partial charge in [0.1, 0.15) is 32.1 Å². The minimum atomic E-state index is -1.87. The molecule has 0 aliphatic carbocycles. The van der Waals surface area contributed by atoms with Gasteiger partial charge < -0.3 is 30.6 Å². The van der Waals surface area contributed by atoms with Gasteiger partial charge in [0.2, 0.25) is 0 Å². The number of nitrogens with one attached hydrogen (secondary N) is 1. The smallest absolute Gasteiger partial charge is 0.133 e. The molecule has 0 spiro atoms. The van der Waals surface area contributed by atoms with Gasteiger partial charge >= 0.3 is 0 Å². The average Bonchev–Trinajstić information content (AvgIpc) is 2.23. The van der Waals surface area contributed by atoms with Crippen LogP contribution in [0, 0.1) is 0 Å². The van der Waals surface area contributed by atoms with E-state index >= 15 is 0 Å². The predicted octanol–water partition coefficient (Wildman–Crippen LogP) is -4.04. The van der Waals surface area contributed by atoms with Crippen LogP contribution in [0.5, 0.6) is 0 Å². The van der Waals surface area contributed by atoms with E-state index < -0.39 is 37.3 Å². The standard InChI is InChI=1S/C7H17NO6/c1-8-7(14)6(13)5(12)4(11)3(10)2-9/h3-14H,2H2,1H3/t3-,4-,5+,6-,7?/m1/s1/i/hD. The molecule has 5 atom stereocenters. The molecule has 0 heterocycles. The highest BCUT2D eigenvalue weighted by atomic mass is 16.4. The molecule has 0 fully saturated rings. The van der Waals surface area contributed by atoms with E-state index in [1.165, 1.54) is 0 Å². The summed E-state index contributed by atoms with van der Waals surface area (Å²) in [5.41, 5.74) is 0. The first-order valence-electron chi connectivity index (χ1n) is 4.50. The minimum Gasteiger partial charge on any atom is -0.394 e. The van der Waals surface area contributed by atoms with E-state index in [1.807, 2.05) is 0 Å². The summed E-state index contributed by atoms with van der Waals surface area (Å²) in [6.45, 7) is -0.794. The Balaban J connectivity index is 4.36. The largest absolute Gasteiger partial charge is 0.394 e. The fourth-order valence-corrected chi connectivity index (χ4v) is 0.867. The van der Waals surface area contributed by atoms with Gasteiger partial charge in [-0.1, -0.05) is 0 Å². The van der Waals surface area contributed by atoms with Crippen molar-refractivity contribution in [2.45, 2.75) is 30.6 Å². The summed E-state index contributed by atoms with van der Waals surface area (Å²) in [5, 5.41) is 54.7. The summed E-state index contributed by atoms with van der Waals surface area (Å²) in [4.78, 5) is 0. The van der Waals surface area contributed by atoms with Crippen molar-refractivity contribution < 1.29 is 32.1 Å². The minimum absolute atomic E-state index is 0.478. The van der Waals surface area contributed by atoms with E-state index in [1.54, 1.807) is 0 Å². The molecule has 0 radical (unpaired) electrons. The zero-order chi connectivity index (χ0) is 12.2. The molecule has 0 aromatic carbocycles. The van der Waals surface area contributed by atoms with Crippen LogP contribution in [0.2, 0.25) is 1.41 Å². The molecule has 1 unspecified atom stereocenters. The van der Waals surface area contributed by atoms with E-state index in [4.69, 9.17) is 16.7 Å². The SMILES string of the molecule is [2H]N(C)C(O)[C@H](O)[C@@H](O)[C@H](O)[C@H](O)CO. The lowest BCUT2D eigenvalue weighted by Crippen LogP contribution is -2.53. The van der Waals surface area contributed by atoms with Gasteiger partial charge in [-0.2, -0.15) is 0 Å².